The van der Waals surface area contributed by atoms with E-state index in [4.69, 9.17) is 5.26 Å². The van der Waals surface area contributed by atoms with Crippen molar-refractivity contribution in [2.45, 2.75) is 6.92 Å². The maximum atomic E-state index is 10.8. The highest BCUT2D eigenvalue weighted by molar-refractivity contribution is 5.67. The molecule has 20 heavy (non-hydrogen) atoms. The van der Waals surface area contributed by atoms with Gasteiger partial charge in [0.25, 0.3) is 5.69 Å². The monoisotopic (exact) mass is 268 g/mol. The van der Waals surface area contributed by atoms with Gasteiger partial charge < -0.3 is 4.90 Å². The summed E-state index contributed by atoms with van der Waals surface area (Å²) in [6, 6.07) is 10.9. The standard InChI is InChI=1S/C14H12N4O2/c1-10-7-14(16-9-13(10)18(19)20)17(2)12-6-4-3-5-11(12)8-15/h3-7,9H,1-2H3. The molecule has 0 saturated carbocycles. The van der Waals surface area contributed by atoms with Crippen LogP contribution in [0.4, 0.5) is 17.2 Å². The topological polar surface area (TPSA) is 83.1 Å². The molecule has 6 heteroatoms. The predicted molar refractivity (Wildman–Crippen MR) is 74.8 cm³/mol. The summed E-state index contributed by atoms with van der Waals surface area (Å²) in [6.45, 7) is 1.66. The third-order valence-corrected chi connectivity index (χ3v) is 2.99. The third-order valence-electron chi connectivity index (χ3n) is 2.99. The van der Waals surface area contributed by atoms with Gasteiger partial charge in [0.05, 0.1) is 16.2 Å². The van der Waals surface area contributed by atoms with Gasteiger partial charge in [0.1, 0.15) is 18.1 Å². The van der Waals surface area contributed by atoms with Gasteiger partial charge in [-0.2, -0.15) is 5.26 Å². The minimum absolute atomic E-state index is 0.0179. The molecule has 2 aromatic rings. The van der Waals surface area contributed by atoms with Crippen molar-refractivity contribution < 1.29 is 4.92 Å². The van der Waals surface area contributed by atoms with E-state index in [9.17, 15) is 10.1 Å². The fourth-order valence-corrected chi connectivity index (χ4v) is 1.89. The highest BCUT2D eigenvalue weighted by Gasteiger charge is 2.15. The molecule has 0 bridgehead atoms. The minimum atomic E-state index is -0.463. The molecule has 0 unspecified atom stereocenters. The smallest absolute Gasteiger partial charge is 0.290 e. The first kappa shape index (κ1) is 13.5. The van der Waals surface area contributed by atoms with E-state index in [1.54, 1.807) is 43.1 Å². The van der Waals surface area contributed by atoms with Crippen LogP contribution in [0.15, 0.2) is 36.5 Å². The van der Waals surface area contributed by atoms with Gasteiger partial charge in [-0.05, 0) is 25.1 Å². The van der Waals surface area contributed by atoms with Gasteiger partial charge in [-0.1, -0.05) is 12.1 Å². The normalized spacial score (nSPS) is 9.85. The lowest BCUT2D eigenvalue weighted by Gasteiger charge is -2.19. The number of nitrogens with zero attached hydrogens (tertiary/aromatic N) is 4. The molecule has 0 saturated heterocycles. The van der Waals surface area contributed by atoms with Crippen LogP contribution in [0.2, 0.25) is 0 Å². The lowest BCUT2D eigenvalue weighted by molar-refractivity contribution is -0.385. The van der Waals surface area contributed by atoms with Crippen molar-refractivity contribution >= 4 is 17.2 Å². The molecule has 1 aromatic carbocycles. The average Bonchev–Trinajstić information content (AvgIpc) is 2.45. The molecule has 1 aromatic heterocycles. The van der Waals surface area contributed by atoms with E-state index in [1.165, 1.54) is 6.20 Å². The summed E-state index contributed by atoms with van der Waals surface area (Å²) in [5.74, 6) is 0.552. The fourth-order valence-electron chi connectivity index (χ4n) is 1.89. The van der Waals surface area contributed by atoms with Crippen LogP contribution in [-0.2, 0) is 0 Å². The molecule has 1 heterocycles. The molecule has 0 spiro atoms. The van der Waals surface area contributed by atoms with Crippen molar-refractivity contribution in [1.29, 1.82) is 5.26 Å². The quantitative estimate of drug-likeness (QED) is 0.631. The van der Waals surface area contributed by atoms with Gasteiger partial charge in [0.2, 0.25) is 0 Å². The Morgan fingerprint density at radius 3 is 2.70 bits per heavy atom. The van der Waals surface area contributed by atoms with Gasteiger partial charge in [-0.3, -0.25) is 10.1 Å². The second kappa shape index (κ2) is 5.36. The van der Waals surface area contributed by atoms with E-state index in [-0.39, 0.29) is 5.69 Å². The van der Waals surface area contributed by atoms with Crippen LogP contribution in [0.3, 0.4) is 0 Å². The molecular formula is C14H12N4O2. The van der Waals surface area contributed by atoms with Crippen LogP contribution in [0.5, 0.6) is 0 Å². The van der Waals surface area contributed by atoms with Crippen molar-refractivity contribution in [2.75, 3.05) is 11.9 Å². The Bertz CT molecular complexity index is 707. The first-order valence-corrected chi connectivity index (χ1v) is 5.88. The van der Waals surface area contributed by atoms with Crippen molar-refractivity contribution in [3.05, 3.63) is 57.8 Å². The van der Waals surface area contributed by atoms with Crippen LogP contribution in [-0.4, -0.2) is 17.0 Å². The molecule has 0 radical (unpaired) electrons. The van der Waals surface area contributed by atoms with E-state index in [0.29, 0.717) is 22.6 Å². The summed E-state index contributed by atoms with van der Waals surface area (Å²) < 4.78 is 0. The van der Waals surface area contributed by atoms with Crippen molar-refractivity contribution in [1.82, 2.24) is 4.98 Å². The maximum absolute atomic E-state index is 10.8. The molecule has 0 amide bonds. The zero-order valence-corrected chi connectivity index (χ0v) is 11.1. The molecule has 0 atom stereocenters. The molecule has 2 rings (SSSR count). The Labute approximate surface area is 116 Å². The zero-order valence-electron chi connectivity index (χ0n) is 11.1. The van der Waals surface area contributed by atoms with Gasteiger partial charge in [0.15, 0.2) is 0 Å². The Morgan fingerprint density at radius 1 is 1.40 bits per heavy atom. The highest BCUT2D eigenvalue weighted by atomic mass is 16.6. The molecule has 0 aliphatic heterocycles. The van der Waals surface area contributed by atoms with Gasteiger partial charge >= 0.3 is 0 Å². The number of rotatable bonds is 3. The second-order valence-corrected chi connectivity index (χ2v) is 4.27. The average molecular weight is 268 g/mol. The number of para-hydroxylation sites is 1. The van der Waals surface area contributed by atoms with Crippen molar-refractivity contribution in [3.63, 3.8) is 0 Å². The van der Waals surface area contributed by atoms with Crippen LogP contribution in [0, 0.1) is 28.4 Å². The Hall–Kier alpha value is -2.94. The number of anilines is 2. The zero-order chi connectivity index (χ0) is 14.7. The molecule has 0 aliphatic carbocycles. The van der Waals surface area contributed by atoms with E-state index in [2.05, 4.69) is 11.1 Å². The summed E-state index contributed by atoms with van der Waals surface area (Å²) in [5.41, 5.74) is 1.74. The highest BCUT2D eigenvalue weighted by Crippen LogP contribution is 2.27. The number of aromatic nitrogens is 1. The molecule has 0 aliphatic rings. The predicted octanol–water partition coefficient (Wildman–Crippen LogP) is 2.94. The van der Waals surface area contributed by atoms with E-state index in [0.717, 1.165) is 0 Å². The lowest BCUT2D eigenvalue weighted by Crippen LogP contribution is -2.13. The fraction of sp³-hybridized carbons (Fsp3) is 0.143. The number of pyridine rings is 1. The number of nitro groups is 1. The van der Waals surface area contributed by atoms with Gasteiger partial charge in [-0.15, -0.1) is 0 Å². The number of hydrogen-bond donors (Lipinski definition) is 0. The Kier molecular flexibility index (Phi) is 3.62. The molecule has 6 nitrogen and oxygen atoms in total. The summed E-state index contributed by atoms with van der Waals surface area (Å²) in [6.07, 6.45) is 1.23. The largest absolute Gasteiger partial charge is 0.328 e. The first-order valence-electron chi connectivity index (χ1n) is 5.88. The molecule has 100 valence electrons. The Balaban J connectivity index is 2.44. The minimum Gasteiger partial charge on any atom is -0.328 e. The number of aryl methyl sites for hydroxylation is 1. The van der Waals surface area contributed by atoms with Crippen molar-refractivity contribution in [2.24, 2.45) is 0 Å². The van der Waals surface area contributed by atoms with E-state index >= 15 is 0 Å². The first-order chi connectivity index (χ1) is 9.54. The van der Waals surface area contributed by atoms with Gasteiger partial charge in [-0.25, -0.2) is 4.98 Å². The number of nitriles is 1. The van der Waals surface area contributed by atoms with Crippen molar-refractivity contribution in [3.8, 4) is 6.07 Å². The Morgan fingerprint density at radius 2 is 2.10 bits per heavy atom. The summed E-state index contributed by atoms with van der Waals surface area (Å²) >= 11 is 0. The number of benzene rings is 1. The van der Waals surface area contributed by atoms with Crippen LogP contribution < -0.4 is 4.90 Å². The third kappa shape index (κ3) is 2.42. The number of hydrogen-bond acceptors (Lipinski definition) is 5. The maximum Gasteiger partial charge on any atom is 0.290 e. The molecular weight excluding hydrogens is 256 g/mol. The summed E-state index contributed by atoms with van der Waals surface area (Å²) in [7, 11) is 1.77. The molecule has 0 fully saturated rings. The van der Waals surface area contributed by atoms with Crippen LogP contribution in [0.25, 0.3) is 0 Å². The van der Waals surface area contributed by atoms with E-state index in [1.807, 2.05) is 6.07 Å². The van der Waals surface area contributed by atoms with E-state index < -0.39 is 4.92 Å². The van der Waals surface area contributed by atoms with Crippen LogP contribution >= 0.6 is 0 Å². The lowest BCUT2D eigenvalue weighted by atomic mass is 10.1. The van der Waals surface area contributed by atoms with Crippen LogP contribution in [0.1, 0.15) is 11.1 Å². The molecule has 0 N–H and O–H groups in total. The SMILES string of the molecule is Cc1cc(N(C)c2ccccc2C#N)ncc1[N+](=O)[O-]. The second-order valence-electron chi connectivity index (χ2n) is 4.27. The summed E-state index contributed by atoms with van der Waals surface area (Å²) in [5, 5.41) is 19.9. The summed E-state index contributed by atoms with van der Waals surface area (Å²) in [4.78, 5) is 16.1. The van der Waals surface area contributed by atoms with Gasteiger partial charge in [0, 0.05) is 12.6 Å².